The third-order valence-electron chi connectivity index (χ3n) is 12.0. The molecule has 1 aliphatic rings. The molecule has 0 unspecified atom stereocenters. The van der Waals surface area contributed by atoms with Crippen LogP contribution < -0.4 is 14.4 Å². The molecule has 10 rings (SSSR count). The van der Waals surface area contributed by atoms with Gasteiger partial charge in [0.25, 0.3) is 6.33 Å². The van der Waals surface area contributed by atoms with Crippen molar-refractivity contribution in [1.29, 1.82) is 0 Å². The molecule has 0 bridgehead atoms. The van der Waals surface area contributed by atoms with E-state index in [0.29, 0.717) is 0 Å². The summed E-state index contributed by atoms with van der Waals surface area (Å²) in [5.74, 6) is 0.889. The van der Waals surface area contributed by atoms with Crippen LogP contribution in [-0.2, 0) is 10.8 Å². The second-order valence-electron chi connectivity index (χ2n) is 18.1. The molecule has 298 valence electrons. The van der Waals surface area contributed by atoms with Crippen LogP contribution in [0.15, 0.2) is 195 Å². The van der Waals surface area contributed by atoms with E-state index in [1.165, 1.54) is 27.8 Å². The lowest BCUT2D eigenvalue weighted by Gasteiger charge is -2.31. The summed E-state index contributed by atoms with van der Waals surface area (Å²) >= 11 is 0. The zero-order valence-corrected chi connectivity index (χ0v) is 35.7. The first-order valence-electron chi connectivity index (χ1n) is 21.2. The summed E-state index contributed by atoms with van der Waals surface area (Å²) in [6.07, 6.45) is 4.19. The number of hydrogen-bond acceptors (Lipinski definition) is 3. The predicted molar refractivity (Wildman–Crippen MR) is 254 cm³/mol. The number of hydrogen-bond donors (Lipinski definition) is 0. The number of anilines is 6. The number of rotatable bonds is 6. The largest absolute Gasteiger partial charge is 0.310 e. The summed E-state index contributed by atoms with van der Waals surface area (Å²) < 4.78 is 4.62. The van der Waals surface area contributed by atoms with Crippen LogP contribution in [0.25, 0.3) is 44.7 Å². The summed E-state index contributed by atoms with van der Waals surface area (Å²) in [6, 6.07) is 66.0. The van der Waals surface area contributed by atoms with Crippen molar-refractivity contribution in [1.82, 2.24) is 9.55 Å². The molecule has 2 aromatic heterocycles. The first kappa shape index (κ1) is 38.0. The molecule has 0 fully saturated rings. The highest BCUT2D eigenvalue weighted by molar-refractivity contribution is 6.03. The van der Waals surface area contributed by atoms with E-state index in [1.807, 2.05) is 6.20 Å². The van der Waals surface area contributed by atoms with E-state index in [4.69, 9.17) is 4.98 Å². The minimum absolute atomic E-state index is 0.0536. The lowest BCUT2D eigenvalue weighted by Crippen LogP contribution is -2.28. The van der Waals surface area contributed by atoms with E-state index in [1.54, 1.807) is 0 Å². The SMILES string of the molecule is CC(C)(C)c1cc(N(c2ccccc2)c2ccc3c(c2)N(c2cc(C(C)(C)C)ccn2)c2ccccc2-c2ccccc2-3)cc(-n2c[n+](-c3ccccc3)c3ccccc32)c1. The van der Waals surface area contributed by atoms with Gasteiger partial charge in [-0.2, -0.15) is 9.13 Å². The van der Waals surface area contributed by atoms with Crippen molar-refractivity contribution in [3.8, 4) is 33.6 Å². The Morgan fingerprint density at radius 2 is 1.10 bits per heavy atom. The summed E-state index contributed by atoms with van der Waals surface area (Å²) in [6.45, 7) is 13.7. The van der Waals surface area contributed by atoms with Gasteiger partial charge < -0.3 is 4.90 Å². The Kier molecular flexibility index (Phi) is 9.21. The van der Waals surface area contributed by atoms with Crippen molar-refractivity contribution in [3.63, 3.8) is 0 Å². The Bertz CT molecular complexity index is 3060. The Morgan fingerprint density at radius 3 is 1.82 bits per heavy atom. The molecular formula is C56H50N5+. The highest BCUT2D eigenvalue weighted by atomic mass is 15.2. The Morgan fingerprint density at radius 1 is 0.475 bits per heavy atom. The minimum atomic E-state index is -0.132. The van der Waals surface area contributed by atoms with Crippen LogP contribution in [0.3, 0.4) is 0 Å². The van der Waals surface area contributed by atoms with Gasteiger partial charge in [0, 0.05) is 34.8 Å². The van der Waals surface area contributed by atoms with Crippen molar-refractivity contribution in [3.05, 3.63) is 206 Å². The molecule has 0 N–H and O–H groups in total. The van der Waals surface area contributed by atoms with Crippen molar-refractivity contribution >= 4 is 45.3 Å². The summed E-state index contributed by atoms with van der Waals surface area (Å²) in [5.41, 5.74) is 16.9. The normalized spacial score (nSPS) is 12.4. The van der Waals surface area contributed by atoms with Gasteiger partial charge in [0.2, 0.25) is 0 Å². The monoisotopic (exact) mass is 792 g/mol. The van der Waals surface area contributed by atoms with Gasteiger partial charge in [0.1, 0.15) is 17.2 Å². The topological polar surface area (TPSA) is 28.2 Å². The lowest BCUT2D eigenvalue weighted by atomic mass is 9.86. The fourth-order valence-corrected chi connectivity index (χ4v) is 8.74. The van der Waals surface area contributed by atoms with Crippen molar-refractivity contribution < 1.29 is 4.57 Å². The number of benzene rings is 7. The number of imidazole rings is 1. The minimum Gasteiger partial charge on any atom is -0.310 e. The van der Waals surface area contributed by atoms with E-state index in [0.717, 1.165) is 62.2 Å². The highest BCUT2D eigenvalue weighted by Gasteiger charge is 2.30. The Labute approximate surface area is 359 Å². The molecule has 0 atom stereocenters. The fraction of sp³-hybridized carbons (Fsp3) is 0.143. The van der Waals surface area contributed by atoms with Crippen LogP contribution in [0, 0.1) is 0 Å². The van der Waals surface area contributed by atoms with Crippen LogP contribution in [0.1, 0.15) is 52.7 Å². The van der Waals surface area contributed by atoms with Crippen LogP contribution in [0.4, 0.5) is 34.3 Å². The summed E-state index contributed by atoms with van der Waals surface area (Å²) in [5, 5.41) is 0. The molecule has 0 radical (unpaired) electrons. The molecule has 3 heterocycles. The van der Waals surface area contributed by atoms with Crippen LogP contribution in [-0.4, -0.2) is 9.55 Å². The lowest BCUT2D eigenvalue weighted by molar-refractivity contribution is -0.567. The molecule has 7 aromatic carbocycles. The summed E-state index contributed by atoms with van der Waals surface area (Å²) in [4.78, 5) is 9.90. The van der Waals surface area contributed by atoms with Gasteiger partial charge in [0.05, 0.1) is 17.1 Å². The molecule has 9 aromatic rings. The van der Waals surface area contributed by atoms with Gasteiger partial charge in [-0.3, -0.25) is 4.90 Å². The van der Waals surface area contributed by atoms with Crippen LogP contribution in [0.5, 0.6) is 0 Å². The average molecular weight is 793 g/mol. The van der Waals surface area contributed by atoms with Gasteiger partial charge in [-0.1, -0.05) is 139 Å². The standard InChI is InChI=1S/C56H50N5/c1-55(2,3)39-31-32-57-54(35-39)61-50-26-16-15-25-48(50)46-23-13-14-24-47(46)49-30-29-43(37-53(49)61)60(42-21-11-8-12-22-42)45-34-40(56(4,5)6)33-44(36-45)59-38-58(41-19-9-7-10-20-41)51-27-17-18-28-52(51)59/h7-38H,1-6H3/q+1. The summed E-state index contributed by atoms with van der Waals surface area (Å²) in [7, 11) is 0. The number of nitrogens with zero attached hydrogens (tertiary/aromatic N) is 5. The Hall–Kier alpha value is -7.24. The van der Waals surface area contributed by atoms with Crippen LogP contribution in [0.2, 0.25) is 0 Å². The molecule has 5 heteroatoms. The molecular weight excluding hydrogens is 743 g/mol. The van der Waals surface area contributed by atoms with E-state index in [9.17, 15) is 0 Å². The molecule has 5 nitrogen and oxygen atoms in total. The van der Waals surface area contributed by atoms with Gasteiger partial charge in [-0.05, 0) is 112 Å². The third-order valence-corrected chi connectivity index (χ3v) is 12.0. The van der Waals surface area contributed by atoms with E-state index in [-0.39, 0.29) is 10.8 Å². The number of aromatic nitrogens is 3. The molecule has 1 aliphatic heterocycles. The number of pyridine rings is 1. The van der Waals surface area contributed by atoms with Gasteiger partial charge >= 0.3 is 0 Å². The van der Waals surface area contributed by atoms with Crippen molar-refractivity contribution in [2.45, 2.75) is 52.4 Å². The zero-order valence-electron chi connectivity index (χ0n) is 35.7. The molecule has 0 amide bonds. The second kappa shape index (κ2) is 14.8. The van der Waals surface area contributed by atoms with Gasteiger partial charge in [-0.15, -0.1) is 0 Å². The maximum Gasteiger partial charge on any atom is 0.255 e. The Balaban J connectivity index is 1.23. The number of fused-ring (bicyclic) bond motifs is 6. The van der Waals surface area contributed by atoms with Gasteiger partial charge in [-0.25, -0.2) is 4.98 Å². The number of para-hydroxylation sites is 5. The highest BCUT2D eigenvalue weighted by Crippen LogP contribution is 2.52. The first-order valence-corrected chi connectivity index (χ1v) is 21.2. The van der Waals surface area contributed by atoms with E-state index < -0.39 is 0 Å². The van der Waals surface area contributed by atoms with E-state index in [2.05, 4.69) is 249 Å². The zero-order chi connectivity index (χ0) is 41.9. The van der Waals surface area contributed by atoms with Crippen molar-refractivity contribution in [2.75, 3.05) is 9.80 Å². The average Bonchev–Trinajstić information content (AvgIpc) is 3.62. The molecule has 61 heavy (non-hydrogen) atoms. The molecule has 0 spiro atoms. The van der Waals surface area contributed by atoms with Gasteiger partial charge in [0.15, 0.2) is 11.0 Å². The smallest absolute Gasteiger partial charge is 0.255 e. The predicted octanol–water partition coefficient (Wildman–Crippen LogP) is 14.5. The molecule has 0 aliphatic carbocycles. The second-order valence-corrected chi connectivity index (χ2v) is 18.1. The van der Waals surface area contributed by atoms with Crippen LogP contribution >= 0.6 is 0 Å². The molecule has 0 saturated heterocycles. The van der Waals surface area contributed by atoms with E-state index >= 15 is 0 Å². The third kappa shape index (κ3) is 6.86. The molecule has 0 saturated carbocycles. The fourth-order valence-electron chi connectivity index (χ4n) is 8.74. The maximum atomic E-state index is 5.11. The quantitative estimate of drug-likeness (QED) is 0.157. The maximum absolute atomic E-state index is 5.11. The van der Waals surface area contributed by atoms with Crippen molar-refractivity contribution in [2.24, 2.45) is 0 Å². The first-order chi connectivity index (χ1) is 29.5.